The monoisotopic (exact) mass is 304 g/mol. The van der Waals surface area contributed by atoms with E-state index in [0.29, 0.717) is 12.8 Å². The van der Waals surface area contributed by atoms with E-state index < -0.39 is 5.97 Å². The number of carbonyl (C=O) groups is 1. The number of carboxylic acids is 1. The molecule has 0 atom stereocenters. The maximum absolute atomic E-state index is 11.0. The van der Waals surface area contributed by atoms with Gasteiger partial charge in [-0.3, -0.25) is 4.79 Å². The average Bonchev–Trinajstić information content (AvgIpc) is 2.84. The van der Waals surface area contributed by atoms with Gasteiger partial charge in [-0.05, 0) is 25.7 Å². The lowest BCUT2D eigenvalue weighted by Crippen LogP contribution is -2.36. The zero-order valence-corrected chi connectivity index (χ0v) is 12.9. The van der Waals surface area contributed by atoms with Crippen molar-refractivity contribution in [1.82, 2.24) is 9.97 Å². The standard InChI is InChI=1S/C16H24N4O2/c21-15(22)13-5-9-19(10-6-13)14-11-17-16(18-12-14)20-7-3-1-2-4-8-20/h11-13H,1-10H2,(H,21,22). The number of hydrogen-bond donors (Lipinski definition) is 1. The third kappa shape index (κ3) is 3.48. The Morgan fingerprint density at radius 1 is 0.955 bits per heavy atom. The Hall–Kier alpha value is -1.85. The number of hydrogen-bond acceptors (Lipinski definition) is 5. The van der Waals surface area contributed by atoms with Gasteiger partial charge in [0, 0.05) is 26.2 Å². The second-order valence-electron chi connectivity index (χ2n) is 6.24. The summed E-state index contributed by atoms with van der Waals surface area (Å²) < 4.78 is 0. The summed E-state index contributed by atoms with van der Waals surface area (Å²) in [6.07, 6.45) is 10.2. The lowest BCUT2D eigenvalue weighted by molar-refractivity contribution is -0.142. The van der Waals surface area contributed by atoms with Crippen LogP contribution in [0.15, 0.2) is 12.4 Å². The van der Waals surface area contributed by atoms with Crippen molar-refractivity contribution in [3.05, 3.63) is 12.4 Å². The highest BCUT2D eigenvalue weighted by molar-refractivity contribution is 5.70. The van der Waals surface area contributed by atoms with Crippen molar-refractivity contribution in [3.8, 4) is 0 Å². The topological polar surface area (TPSA) is 69.6 Å². The van der Waals surface area contributed by atoms with E-state index in [1.807, 2.05) is 12.4 Å². The van der Waals surface area contributed by atoms with E-state index in [1.54, 1.807) is 0 Å². The number of anilines is 2. The van der Waals surface area contributed by atoms with Crippen LogP contribution in [0.25, 0.3) is 0 Å². The molecule has 2 fully saturated rings. The molecule has 2 aliphatic rings. The zero-order valence-electron chi connectivity index (χ0n) is 12.9. The molecule has 2 saturated heterocycles. The second-order valence-corrected chi connectivity index (χ2v) is 6.24. The van der Waals surface area contributed by atoms with E-state index in [4.69, 9.17) is 5.11 Å². The van der Waals surface area contributed by atoms with Crippen LogP contribution in [0.3, 0.4) is 0 Å². The van der Waals surface area contributed by atoms with Gasteiger partial charge < -0.3 is 14.9 Å². The Balaban J connectivity index is 1.61. The van der Waals surface area contributed by atoms with E-state index in [9.17, 15) is 4.79 Å². The van der Waals surface area contributed by atoms with Crippen molar-refractivity contribution >= 4 is 17.6 Å². The summed E-state index contributed by atoms with van der Waals surface area (Å²) in [6.45, 7) is 3.62. The van der Waals surface area contributed by atoms with Crippen molar-refractivity contribution in [2.24, 2.45) is 5.92 Å². The zero-order chi connectivity index (χ0) is 15.4. The SMILES string of the molecule is O=C(O)C1CCN(c2cnc(N3CCCCCC3)nc2)CC1. The fourth-order valence-corrected chi connectivity index (χ4v) is 3.30. The first kappa shape index (κ1) is 15.1. The number of aliphatic carboxylic acids is 1. The maximum Gasteiger partial charge on any atom is 0.306 e. The van der Waals surface area contributed by atoms with Crippen molar-refractivity contribution in [3.63, 3.8) is 0 Å². The quantitative estimate of drug-likeness (QED) is 0.923. The number of nitrogens with zero attached hydrogens (tertiary/aromatic N) is 4. The van der Waals surface area contributed by atoms with Crippen molar-refractivity contribution in [2.75, 3.05) is 36.0 Å². The van der Waals surface area contributed by atoms with Gasteiger partial charge in [-0.1, -0.05) is 12.8 Å². The van der Waals surface area contributed by atoms with Gasteiger partial charge in [0.1, 0.15) is 0 Å². The molecule has 6 nitrogen and oxygen atoms in total. The number of aromatic nitrogens is 2. The average molecular weight is 304 g/mol. The molecule has 6 heteroatoms. The number of carboxylic acid groups (broad SMARTS) is 1. The molecule has 0 unspecified atom stereocenters. The maximum atomic E-state index is 11.0. The summed E-state index contributed by atoms with van der Waals surface area (Å²) in [4.78, 5) is 24.5. The Bertz CT molecular complexity index is 489. The molecule has 1 aromatic heterocycles. The minimum absolute atomic E-state index is 0.200. The van der Waals surface area contributed by atoms with E-state index in [0.717, 1.165) is 37.8 Å². The van der Waals surface area contributed by atoms with Gasteiger partial charge in [0.05, 0.1) is 24.0 Å². The molecule has 1 N–H and O–H groups in total. The van der Waals surface area contributed by atoms with Crippen molar-refractivity contribution < 1.29 is 9.90 Å². The lowest BCUT2D eigenvalue weighted by atomic mass is 9.97. The van der Waals surface area contributed by atoms with Crippen LogP contribution in [0.1, 0.15) is 38.5 Å². The lowest BCUT2D eigenvalue weighted by Gasteiger charge is -2.31. The molecule has 0 saturated carbocycles. The van der Waals surface area contributed by atoms with Crippen LogP contribution in [0, 0.1) is 5.92 Å². The van der Waals surface area contributed by atoms with Gasteiger partial charge in [-0.25, -0.2) is 9.97 Å². The van der Waals surface area contributed by atoms with Gasteiger partial charge >= 0.3 is 5.97 Å². The molecule has 3 rings (SSSR count). The summed E-state index contributed by atoms with van der Waals surface area (Å²) in [5.74, 6) is -0.0491. The fourth-order valence-electron chi connectivity index (χ4n) is 3.30. The highest BCUT2D eigenvalue weighted by Gasteiger charge is 2.25. The molecule has 0 aromatic carbocycles. The summed E-state index contributed by atoms with van der Waals surface area (Å²) in [5.41, 5.74) is 1.00. The van der Waals surface area contributed by atoms with Crippen molar-refractivity contribution in [2.45, 2.75) is 38.5 Å². The van der Waals surface area contributed by atoms with E-state index in [-0.39, 0.29) is 5.92 Å². The molecular formula is C16H24N4O2. The van der Waals surface area contributed by atoms with E-state index in [1.165, 1.54) is 25.7 Å². The molecule has 0 aliphatic carbocycles. The highest BCUT2D eigenvalue weighted by atomic mass is 16.4. The highest BCUT2D eigenvalue weighted by Crippen LogP contribution is 2.23. The van der Waals surface area contributed by atoms with Crippen LogP contribution in [-0.2, 0) is 4.79 Å². The first-order valence-corrected chi connectivity index (χ1v) is 8.29. The van der Waals surface area contributed by atoms with Gasteiger partial charge in [0.2, 0.25) is 5.95 Å². The molecule has 0 spiro atoms. The molecule has 0 amide bonds. The Morgan fingerprint density at radius 3 is 2.09 bits per heavy atom. The molecule has 0 bridgehead atoms. The van der Waals surface area contributed by atoms with Crippen LogP contribution in [-0.4, -0.2) is 47.2 Å². The van der Waals surface area contributed by atoms with Gasteiger partial charge in [0.15, 0.2) is 0 Å². The van der Waals surface area contributed by atoms with E-state index >= 15 is 0 Å². The van der Waals surface area contributed by atoms with Crippen LogP contribution in [0.5, 0.6) is 0 Å². The molecule has 1 aromatic rings. The Kier molecular flexibility index (Phi) is 4.75. The molecule has 0 radical (unpaired) electrons. The molecule has 120 valence electrons. The van der Waals surface area contributed by atoms with Crippen LogP contribution < -0.4 is 9.80 Å². The van der Waals surface area contributed by atoms with Crippen LogP contribution in [0.2, 0.25) is 0 Å². The third-order valence-corrected chi connectivity index (χ3v) is 4.72. The summed E-state index contributed by atoms with van der Waals surface area (Å²) in [7, 11) is 0. The van der Waals surface area contributed by atoms with Gasteiger partial charge in [-0.2, -0.15) is 0 Å². The third-order valence-electron chi connectivity index (χ3n) is 4.72. The predicted octanol–water partition coefficient (Wildman–Crippen LogP) is 2.16. The van der Waals surface area contributed by atoms with Crippen LogP contribution >= 0.6 is 0 Å². The minimum atomic E-state index is -0.674. The van der Waals surface area contributed by atoms with Gasteiger partial charge in [0.25, 0.3) is 0 Å². The fraction of sp³-hybridized carbons (Fsp3) is 0.688. The van der Waals surface area contributed by atoms with Crippen LogP contribution in [0.4, 0.5) is 11.6 Å². The first-order chi connectivity index (χ1) is 10.7. The normalized spacial score (nSPS) is 20.7. The molecular weight excluding hydrogens is 280 g/mol. The predicted molar refractivity (Wildman–Crippen MR) is 85.3 cm³/mol. The number of piperidine rings is 1. The first-order valence-electron chi connectivity index (χ1n) is 8.29. The Labute approximate surface area is 131 Å². The molecule has 2 aliphatic heterocycles. The minimum Gasteiger partial charge on any atom is -0.481 e. The summed E-state index contributed by atoms with van der Waals surface area (Å²) in [5, 5.41) is 9.05. The van der Waals surface area contributed by atoms with Crippen molar-refractivity contribution in [1.29, 1.82) is 0 Å². The largest absolute Gasteiger partial charge is 0.481 e. The Morgan fingerprint density at radius 2 is 1.55 bits per heavy atom. The molecule has 3 heterocycles. The molecule has 22 heavy (non-hydrogen) atoms. The second kappa shape index (κ2) is 6.94. The summed E-state index contributed by atoms with van der Waals surface area (Å²) in [6, 6.07) is 0. The smallest absolute Gasteiger partial charge is 0.306 e. The van der Waals surface area contributed by atoms with Gasteiger partial charge in [-0.15, -0.1) is 0 Å². The van der Waals surface area contributed by atoms with E-state index in [2.05, 4.69) is 19.8 Å². The number of rotatable bonds is 3. The summed E-state index contributed by atoms with van der Waals surface area (Å²) >= 11 is 0.